The quantitative estimate of drug-likeness (QED) is 0.758. The molecule has 1 aliphatic rings. The molecule has 1 aromatic carbocycles. The summed E-state index contributed by atoms with van der Waals surface area (Å²) in [6.07, 6.45) is 8.24. The average molecular weight is 277 g/mol. The Hall–Kier alpha value is -0.960. The summed E-state index contributed by atoms with van der Waals surface area (Å²) in [4.78, 5) is 0.887. The SMILES string of the molecule is Cc1cc(C)c([S@](=O)/N=C/C2CCCCC2)c(C)c1. The van der Waals surface area contributed by atoms with Crippen LogP contribution in [0.4, 0.5) is 0 Å². The van der Waals surface area contributed by atoms with Crippen molar-refractivity contribution in [2.24, 2.45) is 10.3 Å². The summed E-state index contributed by atoms with van der Waals surface area (Å²) in [5.41, 5.74) is 3.38. The fourth-order valence-electron chi connectivity index (χ4n) is 2.92. The van der Waals surface area contributed by atoms with E-state index in [-0.39, 0.29) is 0 Å². The Morgan fingerprint density at radius 2 is 1.68 bits per heavy atom. The van der Waals surface area contributed by atoms with Crippen LogP contribution >= 0.6 is 0 Å². The van der Waals surface area contributed by atoms with E-state index in [2.05, 4.69) is 23.5 Å². The van der Waals surface area contributed by atoms with Crippen molar-refractivity contribution in [3.63, 3.8) is 0 Å². The minimum absolute atomic E-state index is 0.531. The molecule has 0 amide bonds. The molecule has 3 heteroatoms. The molecule has 0 bridgehead atoms. The molecule has 1 aromatic rings. The third kappa shape index (κ3) is 3.75. The lowest BCUT2D eigenvalue weighted by molar-refractivity contribution is 0.445. The summed E-state index contributed by atoms with van der Waals surface area (Å²) in [6, 6.07) is 4.16. The molecule has 0 N–H and O–H groups in total. The van der Waals surface area contributed by atoms with Gasteiger partial charge in [-0.3, -0.25) is 0 Å². The van der Waals surface area contributed by atoms with Crippen LogP contribution in [0.1, 0.15) is 48.8 Å². The number of rotatable bonds is 3. The van der Waals surface area contributed by atoms with E-state index in [4.69, 9.17) is 0 Å². The maximum absolute atomic E-state index is 12.4. The largest absolute Gasteiger partial charge is 0.229 e. The molecule has 104 valence electrons. The van der Waals surface area contributed by atoms with Gasteiger partial charge in [0, 0.05) is 6.21 Å². The van der Waals surface area contributed by atoms with Crippen molar-refractivity contribution in [3.05, 3.63) is 28.8 Å². The topological polar surface area (TPSA) is 29.4 Å². The second kappa shape index (κ2) is 6.47. The van der Waals surface area contributed by atoms with Crippen LogP contribution in [0.15, 0.2) is 21.4 Å². The lowest BCUT2D eigenvalue weighted by Gasteiger charge is -2.16. The molecule has 1 atom stereocenters. The van der Waals surface area contributed by atoms with Crippen molar-refractivity contribution in [3.8, 4) is 0 Å². The first-order valence-corrected chi connectivity index (χ1v) is 8.22. The van der Waals surface area contributed by atoms with Gasteiger partial charge in [0.15, 0.2) is 11.0 Å². The lowest BCUT2D eigenvalue weighted by Crippen LogP contribution is -2.08. The number of nitrogens with zero attached hydrogens (tertiary/aromatic N) is 1. The first-order valence-electron chi connectivity index (χ1n) is 7.12. The van der Waals surface area contributed by atoms with Crippen molar-refractivity contribution in [2.45, 2.75) is 57.8 Å². The maximum atomic E-state index is 12.4. The van der Waals surface area contributed by atoms with Gasteiger partial charge in [-0.25, -0.2) is 4.21 Å². The lowest BCUT2D eigenvalue weighted by atomic mass is 9.90. The molecule has 1 fully saturated rings. The van der Waals surface area contributed by atoms with Crippen molar-refractivity contribution in [1.29, 1.82) is 0 Å². The predicted molar refractivity (Wildman–Crippen MR) is 82.1 cm³/mol. The van der Waals surface area contributed by atoms with Crippen LogP contribution in [-0.2, 0) is 11.0 Å². The summed E-state index contributed by atoms with van der Waals surface area (Å²) < 4.78 is 16.7. The third-order valence-corrected chi connectivity index (χ3v) is 5.10. The van der Waals surface area contributed by atoms with Gasteiger partial charge in [-0.15, -0.1) is 0 Å². The third-order valence-electron chi connectivity index (χ3n) is 3.80. The highest BCUT2D eigenvalue weighted by molar-refractivity contribution is 7.84. The molecule has 0 radical (unpaired) electrons. The molecule has 0 unspecified atom stereocenters. The van der Waals surface area contributed by atoms with Gasteiger partial charge in [-0.1, -0.05) is 37.0 Å². The van der Waals surface area contributed by atoms with Gasteiger partial charge < -0.3 is 0 Å². The molecule has 2 rings (SSSR count). The number of hydrogen-bond acceptors (Lipinski definition) is 1. The van der Waals surface area contributed by atoms with E-state index in [0.29, 0.717) is 5.92 Å². The first kappa shape index (κ1) is 14.4. The van der Waals surface area contributed by atoms with E-state index in [1.54, 1.807) is 0 Å². The normalized spacial score (nSPS) is 18.9. The summed E-state index contributed by atoms with van der Waals surface area (Å²) in [5.74, 6) is 0.531. The van der Waals surface area contributed by atoms with Crippen molar-refractivity contribution >= 4 is 17.2 Å². The summed E-state index contributed by atoms with van der Waals surface area (Å²) in [7, 11) is -1.25. The van der Waals surface area contributed by atoms with E-state index < -0.39 is 11.0 Å². The molecule has 0 heterocycles. The zero-order valence-corrected chi connectivity index (χ0v) is 12.9. The monoisotopic (exact) mass is 277 g/mol. The Morgan fingerprint density at radius 1 is 1.11 bits per heavy atom. The molecule has 1 aliphatic carbocycles. The smallest absolute Gasteiger partial charge is 0.172 e. The van der Waals surface area contributed by atoms with Crippen molar-refractivity contribution in [1.82, 2.24) is 0 Å². The molecule has 0 aromatic heterocycles. The van der Waals surface area contributed by atoms with E-state index in [9.17, 15) is 4.21 Å². The van der Waals surface area contributed by atoms with E-state index in [1.807, 2.05) is 20.1 Å². The zero-order valence-electron chi connectivity index (χ0n) is 12.1. The Bertz CT molecular complexity index is 478. The number of hydrogen-bond donors (Lipinski definition) is 0. The number of benzene rings is 1. The van der Waals surface area contributed by atoms with Gasteiger partial charge in [-0.05, 0) is 50.7 Å². The molecule has 0 saturated heterocycles. The Balaban J connectivity index is 2.13. The van der Waals surface area contributed by atoms with Gasteiger partial charge in [0.05, 0.1) is 4.90 Å². The summed E-state index contributed by atoms with van der Waals surface area (Å²) in [6.45, 7) is 6.10. The Morgan fingerprint density at radius 3 is 2.26 bits per heavy atom. The highest BCUT2D eigenvalue weighted by atomic mass is 32.2. The van der Waals surface area contributed by atoms with Crippen LogP contribution in [0.5, 0.6) is 0 Å². The van der Waals surface area contributed by atoms with Gasteiger partial charge in [-0.2, -0.15) is 4.40 Å². The van der Waals surface area contributed by atoms with Crippen LogP contribution in [0, 0.1) is 26.7 Å². The molecule has 1 saturated carbocycles. The fraction of sp³-hybridized carbons (Fsp3) is 0.562. The summed E-state index contributed by atoms with van der Waals surface area (Å²) in [5, 5.41) is 0. The van der Waals surface area contributed by atoms with Crippen LogP contribution in [0.2, 0.25) is 0 Å². The molecule has 19 heavy (non-hydrogen) atoms. The van der Waals surface area contributed by atoms with E-state index >= 15 is 0 Å². The van der Waals surface area contributed by atoms with Gasteiger partial charge in [0.1, 0.15) is 0 Å². The van der Waals surface area contributed by atoms with Crippen molar-refractivity contribution in [2.75, 3.05) is 0 Å². The van der Waals surface area contributed by atoms with Crippen molar-refractivity contribution < 1.29 is 4.21 Å². The van der Waals surface area contributed by atoms with E-state index in [1.165, 1.54) is 37.7 Å². The zero-order chi connectivity index (χ0) is 13.8. The number of aryl methyl sites for hydroxylation is 3. The minimum atomic E-state index is -1.25. The van der Waals surface area contributed by atoms with Crippen LogP contribution in [0.25, 0.3) is 0 Å². The molecule has 0 spiro atoms. The van der Waals surface area contributed by atoms with Gasteiger partial charge in [0.25, 0.3) is 0 Å². The molecular formula is C16H23NOS. The molecule has 2 nitrogen and oxygen atoms in total. The highest BCUT2D eigenvalue weighted by Crippen LogP contribution is 2.24. The predicted octanol–water partition coefficient (Wildman–Crippen LogP) is 4.29. The van der Waals surface area contributed by atoms with Crippen LogP contribution in [0.3, 0.4) is 0 Å². The van der Waals surface area contributed by atoms with Gasteiger partial charge in [0.2, 0.25) is 0 Å². The Kier molecular flexibility index (Phi) is 4.92. The van der Waals surface area contributed by atoms with Crippen LogP contribution < -0.4 is 0 Å². The standard InChI is InChI=1S/C16H23NOS/c1-12-9-13(2)16(14(3)10-12)19(18)17-11-15-7-5-4-6-8-15/h9-11,15H,4-8H2,1-3H3/b17-11+/t19-/m0/s1. The molecular weight excluding hydrogens is 254 g/mol. The minimum Gasteiger partial charge on any atom is -0.229 e. The Labute approximate surface area is 118 Å². The highest BCUT2D eigenvalue weighted by Gasteiger charge is 2.13. The second-order valence-corrected chi connectivity index (χ2v) is 6.75. The van der Waals surface area contributed by atoms with E-state index in [0.717, 1.165) is 16.0 Å². The fourth-order valence-corrected chi connectivity index (χ4v) is 3.98. The van der Waals surface area contributed by atoms with Crippen LogP contribution in [-0.4, -0.2) is 10.4 Å². The van der Waals surface area contributed by atoms with Gasteiger partial charge >= 0.3 is 0 Å². The first-order chi connectivity index (χ1) is 9.08. The maximum Gasteiger partial charge on any atom is 0.172 e. The summed E-state index contributed by atoms with van der Waals surface area (Å²) >= 11 is 0. The average Bonchev–Trinajstić information content (AvgIpc) is 2.36. The second-order valence-electron chi connectivity index (χ2n) is 5.63. The molecule has 0 aliphatic heterocycles.